The van der Waals surface area contributed by atoms with Gasteiger partial charge >= 0.3 is 0 Å². The summed E-state index contributed by atoms with van der Waals surface area (Å²) >= 11 is 0. The Morgan fingerprint density at radius 1 is 1.19 bits per heavy atom. The average Bonchev–Trinajstić information content (AvgIpc) is 2.66. The zero-order valence-electron chi connectivity index (χ0n) is 15.4. The van der Waals surface area contributed by atoms with E-state index in [2.05, 4.69) is 9.80 Å². The van der Waals surface area contributed by atoms with Crippen molar-refractivity contribution in [2.24, 2.45) is 5.41 Å². The second kappa shape index (κ2) is 7.04. The van der Waals surface area contributed by atoms with E-state index < -0.39 is 0 Å². The second-order valence-electron chi connectivity index (χ2n) is 7.86. The molecule has 1 spiro atoms. The molecule has 3 aliphatic rings. The molecule has 1 aromatic rings. The summed E-state index contributed by atoms with van der Waals surface area (Å²) in [5.41, 5.74) is 1.52. The number of benzene rings is 1. The summed E-state index contributed by atoms with van der Waals surface area (Å²) in [6.45, 7) is 6.22. The van der Waals surface area contributed by atoms with Crippen LogP contribution in [-0.2, 0) is 4.74 Å². The van der Waals surface area contributed by atoms with E-state index >= 15 is 0 Å². The molecule has 0 radical (unpaired) electrons. The quantitative estimate of drug-likeness (QED) is 0.607. The van der Waals surface area contributed by atoms with Gasteiger partial charge in [-0.3, -0.25) is 10.1 Å². The number of nitrogens with zero attached hydrogens (tertiary/aromatic N) is 3. The largest absolute Gasteiger partial charge is 0.494 e. The maximum Gasteiger partial charge on any atom is 0.273 e. The van der Waals surface area contributed by atoms with Crippen LogP contribution < -0.4 is 9.64 Å². The molecule has 0 aromatic heterocycles. The smallest absolute Gasteiger partial charge is 0.273 e. The molecule has 0 saturated carbocycles. The molecule has 3 saturated heterocycles. The van der Waals surface area contributed by atoms with Crippen molar-refractivity contribution >= 4 is 11.4 Å². The van der Waals surface area contributed by atoms with Crippen LogP contribution in [0.2, 0.25) is 0 Å². The SMILES string of the molecule is COc1cc([N+](=O)[O-])ccc1N1CCC(N2CCC3(CC2)COC3)CC1. The van der Waals surface area contributed by atoms with Gasteiger partial charge in [0, 0.05) is 30.6 Å². The highest BCUT2D eigenvalue weighted by Gasteiger charge is 2.42. The fourth-order valence-corrected chi connectivity index (χ4v) is 4.56. The van der Waals surface area contributed by atoms with E-state index in [0.717, 1.165) is 44.8 Å². The first-order valence-electron chi connectivity index (χ1n) is 9.49. The van der Waals surface area contributed by atoms with Gasteiger partial charge in [0.1, 0.15) is 5.75 Å². The van der Waals surface area contributed by atoms with Crippen molar-refractivity contribution in [3.05, 3.63) is 28.3 Å². The molecule has 3 fully saturated rings. The van der Waals surface area contributed by atoms with Gasteiger partial charge in [-0.25, -0.2) is 0 Å². The van der Waals surface area contributed by atoms with Gasteiger partial charge in [-0.1, -0.05) is 0 Å². The van der Waals surface area contributed by atoms with Crippen molar-refractivity contribution in [1.82, 2.24) is 4.90 Å². The van der Waals surface area contributed by atoms with E-state index in [9.17, 15) is 10.1 Å². The Morgan fingerprint density at radius 3 is 2.42 bits per heavy atom. The molecule has 0 atom stereocenters. The van der Waals surface area contributed by atoms with Crippen molar-refractivity contribution < 1.29 is 14.4 Å². The van der Waals surface area contributed by atoms with E-state index in [1.807, 2.05) is 6.07 Å². The number of nitro groups is 1. The number of likely N-dealkylation sites (tertiary alicyclic amines) is 1. The first-order valence-corrected chi connectivity index (χ1v) is 9.49. The highest BCUT2D eigenvalue weighted by atomic mass is 16.6. The van der Waals surface area contributed by atoms with Crippen molar-refractivity contribution in [1.29, 1.82) is 0 Å². The van der Waals surface area contributed by atoms with E-state index in [1.54, 1.807) is 13.2 Å². The average molecular weight is 361 g/mol. The van der Waals surface area contributed by atoms with Gasteiger partial charge in [-0.15, -0.1) is 0 Å². The lowest BCUT2D eigenvalue weighted by atomic mass is 9.76. The molecule has 0 bridgehead atoms. The molecule has 1 aromatic carbocycles. The third kappa shape index (κ3) is 3.25. The van der Waals surface area contributed by atoms with Gasteiger partial charge in [-0.2, -0.15) is 0 Å². The maximum absolute atomic E-state index is 11.0. The van der Waals surface area contributed by atoms with Gasteiger partial charge in [0.25, 0.3) is 5.69 Å². The molecule has 4 rings (SSSR count). The van der Waals surface area contributed by atoms with Crippen LogP contribution in [0.1, 0.15) is 25.7 Å². The number of rotatable bonds is 4. The standard InChI is InChI=1S/C19H27N3O4/c1-25-18-12-16(22(23)24)2-3-17(18)21-8-4-15(5-9-21)20-10-6-19(7-11-20)13-26-14-19/h2-3,12,15H,4-11,13-14H2,1H3. The van der Waals surface area contributed by atoms with E-state index in [1.165, 1.54) is 32.0 Å². The lowest BCUT2D eigenvalue weighted by Crippen LogP contribution is -2.54. The molecule has 7 nitrogen and oxygen atoms in total. The van der Waals surface area contributed by atoms with Gasteiger partial charge in [0.2, 0.25) is 0 Å². The third-order valence-corrected chi connectivity index (χ3v) is 6.37. The third-order valence-electron chi connectivity index (χ3n) is 6.37. The Labute approximate surface area is 154 Å². The molecule has 0 amide bonds. The zero-order valence-corrected chi connectivity index (χ0v) is 15.4. The lowest BCUT2D eigenvalue weighted by molar-refractivity contribution is -0.384. The molecular weight excluding hydrogens is 334 g/mol. The molecule has 3 aliphatic heterocycles. The Bertz CT molecular complexity index is 659. The fourth-order valence-electron chi connectivity index (χ4n) is 4.56. The Balaban J connectivity index is 1.35. The van der Waals surface area contributed by atoms with Crippen LogP contribution in [0.5, 0.6) is 5.75 Å². The normalized spacial score (nSPS) is 23.7. The van der Waals surface area contributed by atoms with Crippen LogP contribution in [0.25, 0.3) is 0 Å². The summed E-state index contributed by atoms with van der Waals surface area (Å²) in [4.78, 5) is 15.5. The highest BCUT2D eigenvalue weighted by molar-refractivity contribution is 5.62. The van der Waals surface area contributed by atoms with Crippen LogP contribution >= 0.6 is 0 Å². The Hall–Kier alpha value is -1.86. The molecule has 0 N–H and O–H groups in total. The van der Waals surface area contributed by atoms with Crippen LogP contribution in [0.3, 0.4) is 0 Å². The molecule has 7 heteroatoms. The van der Waals surface area contributed by atoms with Crippen LogP contribution in [0.15, 0.2) is 18.2 Å². The number of non-ortho nitro benzene ring substituents is 1. The minimum absolute atomic E-state index is 0.0719. The monoisotopic (exact) mass is 361 g/mol. The lowest BCUT2D eigenvalue weighted by Gasteiger charge is -2.50. The summed E-state index contributed by atoms with van der Waals surface area (Å²) in [5, 5.41) is 11.0. The molecular formula is C19H27N3O4. The highest BCUT2D eigenvalue weighted by Crippen LogP contribution is 2.40. The van der Waals surface area contributed by atoms with Gasteiger partial charge in [-0.05, 0) is 44.8 Å². The summed E-state index contributed by atoms with van der Waals surface area (Å²) in [7, 11) is 1.57. The van der Waals surface area contributed by atoms with Crippen molar-refractivity contribution in [3.8, 4) is 5.75 Å². The number of anilines is 1. The number of methoxy groups -OCH3 is 1. The number of ether oxygens (including phenoxy) is 2. The topological polar surface area (TPSA) is 68.1 Å². The molecule has 142 valence electrons. The summed E-state index contributed by atoms with van der Waals surface area (Å²) in [6, 6.07) is 5.55. The van der Waals surface area contributed by atoms with Gasteiger partial charge < -0.3 is 19.3 Å². The van der Waals surface area contributed by atoms with E-state index in [-0.39, 0.29) is 10.6 Å². The van der Waals surface area contributed by atoms with E-state index in [4.69, 9.17) is 9.47 Å². The summed E-state index contributed by atoms with van der Waals surface area (Å²) in [5.74, 6) is 0.586. The van der Waals surface area contributed by atoms with E-state index in [0.29, 0.717) is 17.2 Å². The maximum atomic E-state index is 11.0. The molecule has 26 heavy (non-hydrogen) atoms. The number of piperidine rings is 2. The molecule has 0 unspecified atom stereocenters. The van der Waals surface area contributed by atoms with Crippen LogP contribution in [0, 0.1) is 15.5 Å². The fraction of sp³-hybridized carbons (Fsp3) is 0.684. The van der Waals surface area contributed by atoms with Gasteiger partial charge in [0.05, 0.1) is 37.0 Å². The number of hydrogen-bond donors (Lipinski definition) is 0. The van der Waals surface area contributed by atoms with Gasteiger partial charge in [0.15, 0.2) is 0 Å². The Morgan fingerprint density at radius 2 is 1.88 bits per heavy atom. The Kier molecular flexibility index (Phi) is 4.75. The number of hydrogen-bond acceptors (Lipinski definition) is 6. The first kappa shape index (κ1) is 17.5. The minimum Gasteiger partial charge on any atom is -0.494 e. The zero-order chi connectivity index (χ0) is 18.1. The summed E-state index contributed by atoms with van der Waals surface area (Å²) in [6.07, 6.45) is 4.79. The van der Waals surface area contributed by atoms with Crippen LogP contribution in [0.4, 0.5) is 11.4 Å². The first-order chi connectivity index (χ1) is 12.6. The minimum atomic E-state index is -0.380. The predicted octanol–water partition coefficient (Wildman–Crippen LogP) is 2.68. The number of nitro benzene ring substituents is 1. The van der Waals surface area contributed by atoms with Crippen molar-refractivity contribution in [3.63, 3.8) is 0 Å². The van der Waals surface area contributed by atoms with Crippen LogP contribution in [-0.4, -0.2) is 62.4 Å². The second-order valence-corrected chi connectivity index (χ2v) is 7.86. The molecule has 0 aliphatic carbocycles. The molecule has 3 heterocycles. The predicted molar refractivity (Wildman–Crippen MR) is 98.9 cm³/mol. The summed E-state index contributed by atoms with van der Waals surface area (Å²) < 4.78 is 10.8. The van der Waals surface area contributed by atoms with Crippen molar-refractivity contribution in [2.45, 2.75) is 31.7 Å². The van der Waals surface area contributed by atoms with Crippen molar-refractivity contribution in [2.75, 3.05) is 51.4 Å².